The number of fused-ring (bicyclic) bond motifs is 1. The molecule has 0 fully saturated rings. The highest BCUT2D eigenvalue weighted by atomic mass is 35.5. The van der Waals surface area contributed by atoms with Gasteiger partial charge in [-0.3, -0.25) is 0 Å². The van der Waals surface area contributed by atoms with Crippen LogP contribution in [0.4, 0.5) is 0 Å². The summed E-state index contributed by atoms with van der Waals surface area (Å²) in [5.41, 5.74) is 0.576. The lowest BCUT2D eigenvalue weighted by molar-refractivity contribution is 0.276. The molecule has 0 aromatic carbocycles. The number of sulfonamides is 1. The number of rotatable bonds is 5. The van der Waals surface area contributed by atoms with Crippen molar-refractivity contribution in [2.45, 2.75) is 10.6 Å². The van der Waals surface area contributed by atoms with Gasteiger partial charge in [0.15, 0.2) is 0 Å². The molecular formula is C11H13ClN2O3S2. The van der Waals surface area contributed by atoms with Crippen molar-refractivity contribution in [3.05, 3.63) is 23.4 Å². The average molecular weight is 321 g/mol. The van der Waals surface area contributed by atoms with Crippen LogP contribution in [0.25, 0.3) is 10.2 Å². The molecule has 2 aromatic rings. The SMILES string of the molecule is CN(CCCO)S(=O)(=O)c1cc2nc(Cl)ccc2s1. The first-order chi connectivity index (χ1) is 8.95. The van der Waals surface area contributed by atoms with Crippen LogP contribution in [0.15, 0.2) is 22.4 Å². The molecule has 0 aliphatic carbocycles. The maximum atomic E-state index is 12.3. The van der Waals surface area contributed by atoms with Crippen molar-refractivity contribution in [3.63, 3.8) is 0 Å². The van der Waals surface area contributed by atoms with Crippen LogP contribution in [0.1, 0.15) is 6.42 Å². The minimum Gasteiger partial charge on any atom is -0.396 e. The Bertz CT molecular complexity index is 684. The fourth-order valence-electron chi connectivity index (χ4n) is 1.57. The highest BCUT2D eigenvalue weighted by Crippen LogP contribution is 2.30. The molecule has 19 heavy (non-hydrogen) atoms. The van der Waals surface area contributed by atoms with E-state index >= 15 is 0 Å². The first kappa shape index (κ1) is 14.7. The number of halogens is 1. The summed E-state index contributed by atoms with van der Waals surface area (Å²) >= 11 is 6.94. The van der Waals surface area contributed by atoms with Gasteiger partial charge in [-0.05, 0) is 24.6 Å². The lowest BCUT2D eigenvalue weighted by Crippen LogP contribution is -2.27. The fraction of sp³-hybridized carbons (Fsp3) is 0.364. The molecule has 0 unspecified atom stereocenters. The number of thiophene rings is 1. The van der Waals surface area contributed by atoms with Gasteiger partial charge in [0.05, 0.1) is 10.2 Å². The smallest absolute Gasteiger partial charge is 0.252 e. The second kappa shape index (κ2) is 5.72. The van der Waals surface area contributed by atoms with Gasteiger partial charge in [-0.15, -0.1) is 11.3 Å². The highest BCUT2D eigenvalue weighted by molar-refractivity contribution is 7.91. The number of hydrogen-bond donors (Lipinski definition) is 1. The van der Waals surface area contributed by atoms with E-state index in [9.17, 15) is 8.42 Å². The molecule has 2 aromatic heterocycles. The molecule has 0 spiro atoms. The van der Waals surface area contributed by atoms with E-state index in [2.05, 4.69) is 4.98 Å². The first-order valence-electron chi connectivity index (χ1n) is 5.58. The summed E-state index contributed by atoms with van der Waals surface area (Å²) in [4.78, 5) is 4.08. The predicted molar refractivity (Wildman–Crippen MR) is 76.1 cm³/mol. The topological polar surface area (TPSA) is 70.5 Å². The van der Waals surface area contributed by atoms with Crippen LogP contribution >= 0.6 is 22.9 Å². The van der Waals surface area contributed by atoms with Gasteiger partial charge in [-0.25, -0.2) is 17.7 Å². The number of aliphatic hydroxyl groups is 1. The summed E-state index contributed by atoms with van der Waals surface area (Å²) in [6, 6.07) is 4.91. The lowest BCUT2D eigenvalue weighted by atomic mass is 10.4. The van der Waals surface area contributed by atoms with Crippen LogP contribution in [0.3, 0.4) is 0 Å². The van der Waals surface area contributed by atoms with Crippen molar-refractivity contribution < 1.29 is 13.5 Å². The van der Waals surface area contributed by atoms with Crippen LogP contribution in [-0.2, 0) is 10.0 Å². The minimum absolute atomic E-state index is 0.0383. The fourth-order valence-corrected chi connectivity index (χ4v) is 4.47. The number of pyridine rings is 1. The van der Waals surface area contributed by atoms with E-state index in [4.69, 9.17) is 16.7 Å². The van der Waals surface area contributed by atoms with E-state index in [1.807, 2.05) is 0 Å². The van der Waals surface area contributed by atoms with Crippen molar-refractivity contribution in [2.24, 2.45) is 0 Å². The Morgan fingerprint density at radius 1 is 1.47 bits per heavy atom. The van der Waals surface area contributed by atoms with E-state index in [0.29, 0.717) is 17.1 Å². The molecule has 2 rings (SSSR count). The normalized spacial score (nSPS) is 12.4. The van der Waals surface area contributed by atoms with Crippen LogP contribution in [0.5, 0.6) is 0 Å². The standard InChI is InChI=1S/C11H13ClN2O3S2/c1-14(5-2-6-15)19(16,17)11-7-8-9(18-11)3-4-10(12)13-8/h3-4,7,15H,2,5-6H2,1H3. The molecule has 0 radical (unpaired) electrons. The van der Waals surface area contributed by atoms with Gasteiger partial charge in [-0.2, -0.15) is 0 Å². The summed E-state index contributed by atoms with van der Waals surface area (Å²) in [6.07, 6.45) is 0.407. The third kappa shape index (κ3) is 3.06. The Balaban J connectivity index is 2.37. The van der Waals surface area contributed by atoms with Gasteiger partial charge in [0.25, 0.3) is 10.0 Å². The van der Waals surface area contributed by atoms with Gasteiger partial charge in [0.1, 0.15) is 9.36 Å². The maximum absolute atomic E-state index is 12.3. The molecule has 2 heterocycles. The molecule has 0 bridgehead atoms. The van der Waals surface area contributed by atoms with Crippen LogP contribution in [-0.4, -0.2) is 43.0 Å². The van der Waals surface area contributed by atoms with Crippen LogP contribution in [0.2, 0.25) is 5.15 Å². The van der Waals surface area contributed by atoms with E-state index in [-0.39, 0.29) is 17.4 Å². The highest BCUT2D eigenvalue weighted by Gasteiger charge is 2.23. The third-order valence-electron chi connectivity index (χ3n) is 2.61. The molecule has 104 valence electrons. The number of aliphatic hydroxyl groups excluding tert-OH is 1. The summed E-state index contributed by atoms with van der Waals surface area (Å²) in [7, 11) is -2.03. The van der Waals surface area contributed by atoms with E-state index in [1.165, 1.54) is 17.4 Å². The lowest BCUT2D eigenvalue weighted by Gasteiger charge is -2.14. The van der Waals surface area contributed by atoms with Crippen LogP contribution < -0.4 is 0 Å². The predicted octanol–water partition coefficient (Wildman–Crippen LogP) is 1.95. The summed E-state index contributed by atoms with van der Waals surface area (Å²) in [6.45, 7) is 0.241. The molecule has 0 aliphatic rings. The van der Waals surface area contributed by atoms with Gasteiger partial charge < -0.3 is 5.11 Å². The zero-order chi connectivity index (χ0) is 14.0. The number of hydrogen-bond acceptors (Lipinski definition) is 5. The van der Waals surface area contributed by atoms with Gasteiger partial charge in [-0.1, -0.05) is 11.6 Å². The van der Waals surface area contributed by atoms with E-state index < -0.39 is 10.0 Å². The zero-order valence-electron chi connectivity index (χ0n) is 10.2. The first-order valence-corrected chi connectivity index (χ1v) is 8.22. The number of nitrogens with zero attached hydrogens (tertiary/aromatic N) is 2. The largest absolute Gasteiger partial charge is 0.396 e. The molecule has 0 saturated heterocycles. The van der Waals surface area contributed by atoms with Crippen molar-refractivity contribution in [1.29, 1.82) is 0 Å². The van der Waals surface area contributed by atoms with Gasteiger partial charge >= 0.3 is 0 Å². The molecule has 1 N–H and O–H groups in total. The third-order valence-corrected chi connectivity index (χ3v) is 6.22. The van der Waals surface area contributed by atoms with Gasteiger partial charge in [0.2, 0.25) is 0 Å². The summed E-state index contributed by atoms with van der Waals surface area (Å²) in [5, 5.41) is 9.09. The Kier molecular flexibility index (Phi) is 4.42. The van der Waals surface area contributed by atoms with E-state index in [1.54, 1.807) is 12.1 Å². The second-order valence-electron chi connectivity index (χ2n) is 3.99. The summed E-state index contributed by atoms with van der Waals surface area (Å²) in [5.74, 6) is 0. The zero-order valence-corrected chi connectivity index (χ0v) is 12.6. The quantitative estimate of drug-likeness (QED) is 0.855. The molecule has 5 nitrogen and oxygen atoms in total. The average Bonchev–Trinajstić information content (AvgIpc) is 2.79. The van der Waals surface area contributed by atoms with Crippen molar-refractivity contribution >= 4 is 43.2 Å². The molecule has 0 aliphatic heterocycles. The van der Waals surface area contributed by atoms with Crippen molar-refractivity contribution in [2.75, 3.05) is 20.2 Å². The van der Waals surface area contributed by atoms with Crippen molar-refractivity contribution in [1.82, 2.24) is 9.29 Å². The second-order valence-corrected chi connectivity index (χ2v) is 7.73. The Morgan fingerprint density at radius 3 is 2.89 bits per heavy atom. The molecule has 0 saturated carbocycles. The summed E-state index contributed by atoms with van der Waals surface area (Å²) < 4.78 is 26.8. The maximum Gasteiger partial charge on any atom is 0.252 e. The van der Waals surface area contributed by atoms with Gasteiger partial charge in [0, 0.05) is 20.2 Å². The molecular weight excluding hydrogens is 308 g/mol. The molecule has 8 heteroatoms. The molecule has 0 amide bonds. The minimum atomic E-state index is -3.53. The van der Waals surface area contributed by atoms with Crippen LogP contribution in [0, 0.1) is 0 Å². The molecule has 0 atom stereocenters. The Hall–Kier alpha value is -0.730. The van der Waals surface area contributed by atoms with Crippen molar-refractivity contribution in [3.8, 4) is 0 Å². The number of aromatic nitrogens is 1. The Labute approximate surface area is 120 Å². The monoisotopic (exact) mass is 320 g/mol. The van der Waals surface area contributed by atoms with E-state index in [0.717, 1.165) is 16.0 Å². The Morgan fingerprint density at radius 2 is 2.21 bits per heavy atom.